The number of hydrogen-bond donors (Lipinski definition) is 2. The lowest BCUT2D eigenvalue weighted by Gasteiger charge is -2.28. The molecular formula is C21H21F2N7O2. The third kappa shape index (κ3) is 3.61. The molecule has 166 valence electrons. The van der Waals surface area contributed by atoms with Crippen LogP contribution in [0.5, 0.6) is 0 Å². The molecular weight excluding hydrogens is 420 g/mol. The topological polar surface area (TPSA) is 136 Å². The van der Waals surface area contributed by atoms with Gasteiger partial charge in [-0.1, -0.05) is 0 Å². The monoisotopic (exact) mass is 441 g/mol. The lowest BCUT2D eigenvalue weighted by atomic mass is 10.1. The molecule has 0 unspecified atom stereocenters. The molecule has 0 atom stereocenters. The first-order valence-corrected chi connectivity index (χ1v) is 9.42. The number of aryl methyl sites for hydroxylation is 1. The smallest absolute Gasteiger partial charge is 0.337 e. The molecule has 0 aliphatic heterocycles. The number of anilines is 3. The van der Waals surface area contributed by atoms with Gasteiger partial charge in [-0.2, -0.15) is 5.26 Å². The van der Waals surface area contributed by atoms with Gasteiger partial charge < -0.3 is 5.73 Å². The lowest BCUT2D eigenvalue weighted by Crippen LogP contribution is -2.49. The second-order valence-electron chi connectivity index (χ2n) is 7.78. The lowest BCUT2D eigenvalue weighted by molar-refractivity contribution is 0.424. The molecule has 0 saturated heterocycles. The van der Waals surface area contributed by atoms with Crippen LogP contribution < -0.4 is 27.8 Å². The summed E-state index contributed by atoms with van der Waals surface area (Å²) in [6.45, 7) is 6.13. The molecule has 3 aromatic rings. The van der Waals surface area contributed by atoms with Crippen LogP contribution in [0, 0.1) is 36.8 Å². The normalized spacial score (nSPS) is 11.3. The summed E-state index contributed by atoms with van der Waals surface area (Å²) < 4.78 is 29.4. The number of aromatic nitrogens is 3. The standard InChI is InChI=1S/C21H21F2N7O2/c1-11-5-13(9-27-8-11)28-19(31)18(12(2)29(20(28)32)21(3,4)10-24)30(26)17-7-15(23)14(22)6-16(17)25/h5-9H,25-26H2,1-4H3. The zero-order chi connectivity index (χ0) is 24.0. The molecule has 0 bridgehead atoms. The summed E-state index contributed by atoms with van der Waals surface area (Å²) in [4.78, 5) is 30.9. The van der Waals surface area contributed by atoms with Crippen molar-refractivity contribution < 1.29 is 8.78 Å². The molecule has 11 heteroatoms. The van der Waals surface area contributed by atoms with E-state index in [0.717, 1.165) is 26.3 Å². The molecule has 0 aliphatic carbocycles. The fraction of sp³-hybridized carbons (Fsp3) is 0.238. The minimum Gasteiger partial charge on any atom is -0.397 e. The van der Waals surface area contributed by atoms with Crippen molar-refractivity contribution in [2.24, 2.45) is 5.84 Å². The third-order valence-corrected chi connectivity index (χ3v) is 4.99. The van der Waals surface area contributed by atoms with Gasteiger partial charge in [0, 0.05) is 18.3 Å². The van der Waals surface area contributed by atoms with E-state index in [-0.39, 0.29) is 28.4 Å². The minimum absolute atomic E-state index is 0.0371. The van der Waals surface area contributed by atoms with Crippen LogP contribution in [0.4, 0.5) is 25.8 Å². The quantitative estimate of drug-likeness (QED) is 0.360. The zero-order valence-electron chi connectivity index (χ0n) is 17.8. The molecule has 9 nitrogen and oxygen atoms in total. The molecule has 0 radical (unpaired) electrons. The second kappa shape index (κ2) is 7.90. The molecule has 2 heterocycles. The Hall–Kier alpha value is -4.04. The number of nitriles is 1. The Morgan fingerprint density at radius 1 is 1.12 bits per heavy atom. The molecule has 0 aliphatic rings. The number of hydrogen-bond acceptors (Lipinski definition) is 7. The van der Waals surface area contributed by atoms with Gasteiger partial charge >= 0.3 is 5.69 Å². The fourth-order valence-electron chi connectivity index (χ4n) is 3.45. The summed E-state index contributed by atoms with van der Waals surface area (Å²) in [7, 11) is 0. The molecule has 2 aromatic heterocycles. The molecule has 0 saturated carbocycles. The number of benzene rings is 1. The van der Waals surface area contributed by atoms with Gasteiger partial charge in [-0.05, 0) is 39.3 Å². The van der Waals surface area contributed by atoms with Crippen LogP contribution in [-0.4, -0.2) is 14.1 Å². The number of hydrazine groups is 1. The van der Waals surface area contributed by atoms with Crippen LogP contribution in [0.15, 0.2) is 40.2 Å². The number of nitrogens with zero attached hydrogens (tertiary/aromatic N) is 5. The van der Waals surface area contributed by atoms with E-state index in [2.05, 4.69) is 4.98 Å². The van der Waals surface area contributed by atoms with Crippen molar-refractivity contribution in [3.8, 4) is 11.8 Å². The summed E-state index contributed by atoms with van der Waals surface area (Å²) in [5.41, 5.74) is 2.96. The zero-order valence-corrected chi connectivity index (χ0v) is 17.8. The van der Waals surface area contributed by atoms with Gasteiger partial charge in [0.25, 0.3) is 5.56 Å². The highest BCUT2D eigenvalue weighted by atomic mass is 19.2. The third-order valence-electron chi connectivity index (χ3n) is 4.99. The van der Waals surface area contributed by atoms with Gasteiger partial charge in [-0.3, -0.25) is 19.4 Å². The average Bonchev–Trinajstić information content (AvgIpc) is 2.70. The van der Waals surface area contributed by atoms with Crippen molar-refractivity contribution in [2.45, 2.75) is 33.2 Å². The first kappa shape index (κ1) is 22.6. The van der Waals surface area contributed by atoms with Crippen LogP contribution in [-0.2, 0) is 5.54 Å². The number of pyridine rings is 1. The predicted molar refractivity (Wildman–Crippen MR) is 116 cm³/mol. The van der Waals surface area contributed by atoms with E-state index >= 15 is 0 Å². The highest BCUT2D eigenvalue weighted by molar-refractivity contribution is 5.74. The molecule has 32 heavy (non-hydrogen) atoms. The largest absolute Gasteiger partial charge is 0.397 e. The van der Waals surface area contributed by atoms with E-state index in [0.29, 0.717) is 5.56 Å². The van der Waals surface area contributed by atoms with Crippen LogP contribution in [0.1, 0.15) is 25.1 Å². The van der Waals surface area contributed by atoms with E-state index in [9.17, 15) is 23.6 Å². The van der Waals surface area contributed by atoms with Gasteiger partial charge in [-0.15, -0.1) is 0 Å². The van der Waals surface area contributed by atoms with Gasteiger partial charge in [0.15, 0.2) is 11.6 Å². The number of rotatable bonds is 4. The maximum atomic E-state index is 13.9. The summed E-state index contributed by atoms with van der Waals surface area (Å²) >= 11 is 0. The average molecular weight is 441 g/mol. The molecule has 0 amide bonds. The Kier molecular flexibility index (Phi) is 5.59. The van der Waals surface area contributed by atoms with E-state index in [1.165, 1.54) is 27.0 Å². The number of halogens is 2. The Morgan fingerprint density at radius 3 is 2.34 bits per heavy atom. The maximum absolute atomic E-state index is 13.9. The van der Waals surface area contributed by atoms with Crippen LogP contribution in [0.3, 0.4) is 0 Å². The van der Waals surface area contributed by atoms with E-state index in [1.807, 2.05) is 6.07 Å². The highest BCUT2D eigenvalue weighted by Crippen LogP contribution is 2.30. The van der Waals surface area contributed by atoms with E-state index in [1.54, 1.807) is 19.2 Å². The Balaban J connectivity index is 2.47. The van der Waals surface area contributed by atoms with Crippen molar-refractivity contribution >= 4 is 17.1 Å². The second-order valence-corrected chi connectivity index (χ2v) is 7.78. The summed E-state index contributed by atoms with van der Waals surface area (Å²) in [5, 5.41) is 10.4. The van der Waals surface area contributed by atoms with Gasteiger partial charge in [0.05, 0.1) is 35.0 Å². The van der Waals surface area contributed by atoms with Crippen molar-refractivity contribution in [3.05, 3.63) is 74.3 Å². The first-order valence-electron chi connectivity index (χ1n) is 9.42. The fourth-order valence-corrected chi connectivity index (χ4v) is 3.45. The number of nitrogens with two attached hydrogens (primary N) is 2. The van der Waals surface area contributed by atoms with Crippen molar-refractivity contribution in [3.63, 3.8) is 0 Å². The summed E-state index contributed by atoms with van der Waals surface area (Å²) in [6, 6.07) is 5.06. The van der Waals surface area contributed by atoms with Crippen molar-refractivity contribution in [1.29, 1.82) is 5.26 Å². The van der Waals surface area contributed by atoms with E-state index < -0.39 is 28.4 Å². The van der Waals surface area contributed by atoms with Crippen LogP contribution in [0.2, 0.25) is 0 Å². The predicted octanol–water partition coefficient (Wildman–Crippen LogP) is 2.14. The highest BCUT2D eigenvalue weighted by Gasteiger charge is 2.30. The van der Waals surface area contributed by atoms with Gasteiger partial charge in [0.2, 0.25) is 0 Å². The van der Waals surface area contributed by atoms with Gasteiger partial charge in [0.1, 0.15) is 11.2 Å². The van der Waals surface area contributed by atoms with E-state index in [4.69, 9.17) is 11.6 Å². The van der Waals surface area contributed by atoms with Crippen LogP contribution >= 0.6 is 0 Å². The Morgan fingerprint density at radius 2 is 1.75 bits per heavy atom. The molecule has 0 spiro atoms. The first-order chi connectivity index (χ1) is 14.9. The molecule has 0 fully saturated rings. The molecule has 1 aromatic carbocycles. The van der Waals surface area contributed by atoms with Crippen LogP contribution in [0.25, 0.3) is 5.69 Å². The Labute approximate surface area is 181 Å². The van der Waals surface area contributed by atoms with Gasteiger partial charge in [-0.25, -0.2) is 24.0 Å². The molecule has 4 N–H and O–H groups in total. The SMILES string of the molecule is Cc1cncc(-n2c(=O)c(N(N)c3cc(F)c(F)cc3N)c(C)n(C(C)(C)C#N)c2=O)c1. The summed E-state index contributed by atoms with van der Waals surface area (Å²) in [6.07, 6.45) is 2.85. The molecule has 3 rings (SSSR count). The van der Waals surface area contributed by atoms with Crippen molar-refractivity contribution in [2.75, 3.05) is 10.7 Å². The minimum atomic E-state index is -1.39. The maximum Gasteiger partial charge on any atom is 0.337 e. The number of nitrogen functional groups attached to an aromatic ring is 1. The van der Waals surface area contributed by atoms with Crippen molar-refractivity contribution in [1.82, 2.24) is 14.1 Å². The summed E-state index contributed by atoms with van der Waals surface area (Å²) in [5.74, 6) is 3.74. The Bertz CT molecular complexity index is 1390.